The summed E-state index contributed by atoms with van der Waals surface area (Å²) < 4.78 is 0. The van der Waals surface area contributed by atoms with Gasteiger partial charge < -0.3 is 5.32 Å². The zero-order chi connectivity index (χ0) is 16.2. The number of pyridine rings is 1. The number of halogens is 1. The minimum absolute atomic E-state index is 0.241. The first kappa shape index (κ1) is 15.2. The molecule has 0 aliphatic heterocycles. The zero-order valence-corrected chi connectivity index (χ0v) is 13.1. The maximum atomic E-state index is 12.5. The van der Waals surface area contributed by atoms with E-state index in [-0.39, 0.29) is 16.8 Å². The number of H-pyrrole nitrogens is 1. The van der Waals surface area contributed by atoms with E-state index in [9.17, 15) is 4.79 Å². The average molecular weight is 328 g/mol. The van der Waals surface area contributed by atoms with Crippen LogP contribution in [0, 0.1) is 6.92 Å². The summed E-state index contributed by atoms with van der Waals surface area (Å²) in [5.41, 5.74) is 1.12. The van der Waals surface area contributed by atoms with Gasteiger partial charge in [-0.05, 0) is 24.6 Å². The van der Waals surface area contributed by atoms with E-state index < -0.39 is 6.04 Å². The first-order chi connectivity index (χ1) is 11.1. The molecule has 3 rings (SSSR count). The van der Waals surface area contributed by atoms with Crippen molar-refractivity contribution in [1.29, 1.82) is 0 Å². The number of aryl methyl sites for hydroxylation is 1. The van der Waals surface area contributed by atoms with E-state index in [1.54, 1.807) is 25.1 Å². The van der Waals surface area contributed by atoms with Crippen LogP contribution in [-0.2, 0) is 0 Å². The van der Waals surface area contributed by atoms with Gasteiger partial charge in [0, 0.05) is 0 Å². The Kier molecular flexibility index (Phi) is 4.34. The number of aromatic nitrogens is 4. The van der Waals surface area contributed by atoms with Crippen molar-refractivity contribution in [2.24, 2.45) is 0 Å². The third kappa shape index (κ3) is 3.54. The number of nitrogens with zero attached hydrogens (tertiary/aromatic N) is 3. The summed E-state index contributed by atoms with van der Waals surface area (Å²) in [7, 11) is 0. The van der Waals surface area contributed by atoms with E-state index in [1.807, 2.05) is 30.3 Å². The summed E-state index contributed by atoms with van der Waals surface area (Å²) >= 11 is 5.84. The first-order valence-corrected chi connectivity index (χ1v) is 7.38. The van der Waals surface area contributed by atoms with Gasteiger partial charge in [-0.1, -0.05) is 48.0 Å². The van der Waals surface area contributed by atoms with Gasteiger partial charge in [0.15, 0.2) is 5.82 Å². The van der Waals surface area contributed by atoms with Crippen LogP contribution in [0.25, 0.3) is 0 Å². The minimum atomic E-state index is -0.477. The molecule has 0 saturated carbocycles. The Bertz CT molecular complexity index is 818. The zero-order valence-electron chi connectivity index (χ0n) is 12.3. The number of hydrogen-bond donors (Lipinski definition) is 2. The number of amides is 1. The predicted molar refractivity (Wildman–Crippen MR) is 86.1 cm³/mol. The van der Waals surface area contributed by atoms with Crippen molar-refractivity contribution in [3.63, 3.8) is 0 Å². The Morgan fingerprint density at radius 1 is 1.13 bits per heavy atom. The molecule has 1 atom stereocenters. The lowest BCUT2D eigenvalue weighted by atomic mass is 10.1. The van der Waals surface area contributed by atoms with Crippen LogP contribution >= 0.6 is 11.6 Å². The molecule has 3 aromatic rings. The molecule has 23 heavy (non-hydrogen) atoms. The number of aromatic amines is 1. The number of carbonyl (C=O) groups is 1. The Morgan fingerprint density at radius 3 is 2.57 bits per heavy atom. The SMILES string of the molecule is Cc1nc([C@H](NC(=O)c2cccc(Cl)n2)c2ccccc2)n[nH]1. The quantitative estimate of drug-likeness (QED) is 0.722. The summed E-state index contributed by atoms with van der Waals surface area (Å²) in [6, 6.07) is 13.9. The van der Waals surface area contributed by atoms with Gasteiger partial charge in [-0.25, -0.2) is 9.97 Å². The molecule has 0 aliphatic carbocycles. The van der Waals surface area contributed by atoms with Crippen molar-refractivity contribution in [3.05, 3.63) is 76.6 Å². The smallest absolute Gasteiger partial charge is 0.270 e. The highest BCUT2D eigenvalue weighted by Gasteiger charge is 2.22. The summed E-state index contributed by atoms with van der Waals surface area (Å²) in [6.45, 7) is 1.80. The first-order valence-electron chi connectivity index (χ1n) is 7.01. The van der Waals surface area contributed by atoms with Crippen LogP contribution in [0.4, 0.5) is 0 Å². The summed E-state index contributed by atoms with van der Waals surface area (Å²) in [5.74, 6) is 0.823. The van der Waals surface area contributed by atoms with E-state index in [0.29, 0.717) is 11.6 Å². The molecule has 0 spiro atoms. The molecule has 6 nitrogen and oxygen atoms in total. The Labute approximate surface area is 137 Å². The van der Waals surface area contributed by atoms with Crippen molar-refractivity contribution >= 4 is 17.5 Å². The van der Waals surface area contributed by atoms with Crippen LogP contribution < -0.4 is 5.32 Å². The molecule has 0 saturated heterocycles. The maximum absolute atomic E-state index is 12.5. The van der Waals surface area contributed by atoms with E-state index in [0.717, 1.165) is 5.56 Å². The summed E-state index contributed by atoms with van der Waals surface area (Å²) in [5, 5.41) is 10.1. The normalized spacial score (nSPS) is 11.9. The van der Waals surface area contributed by atoms with Crippen molar-refractivity contribution in [2.75, 3.05) is 0 Å². The fourth-order valence-electron chi connectivity index (χ4n) is 2.17. The van der Waals surface area contributed by atoms with E-state index in [1.165, 1.54) is 0 Å². The lowest BCUT2D eigenvalue weighted by Crippen LogP contribution is -2.30. The van der Waals surface area contributed by atoms with Gasteiger partial charge in [0.05, 0.1) is 0 Å². The molecule has 0 aliphatic rings. The van der Waals surface area contributed by atoms with E-state index in [4.69, 9.17) is 11.6 Å². The van der Waals surface area contributed by atoms with Gasteiger partial charge >= 0.3 is 0 Å². The van der Waals surface area contributed by atoms with Gasteiger partial charge in [0.1, 0.15) is 22.7 Å². The molecule has 1 amide bonds. The van der Waals surface area contributed by atoms with Gasteiger partial charge in [0.2, 0.25) is 0 Å². The highest BCUT2D eigenvalue weighted by Crippen LogP contribution is 2.19. The molecular formula is C16H14ClN5O. The van der Waals surface area contributed by atoms with Gasteiger partial charge in [-0.3, -0.25) is 9.89 Å². The second-order valence-electron chi connectivity index (χ2n) is 4.94. The molecule has 116 valence electrons. The lowest BCUT2D eigenvalue weighted by molar-refractivity contribution is 0.0936. The van der Waals surface area contributed by atoms with Crippen molar-refractivity contribution in [3.8, 4) is 0 Å². The standard InChI is InChI=1S/C16H14ClN5O/c1-10-18-15(22-21-10)14(11-6-3-2-4-7-11)20-16(23)12-8-5-9-13(17)19-12/h2-9,14H,1H3,(H,20,23)(H,18,21,22)/t14-/m1/s1. The molecule has 2 N–H and O–H groups in total. The second kappa shape index (κ2) is 6.58. The highest BCUT2D eigenvalue weighted by molar-refractivity contribution is 6.29. The molecule has 2 heterocycles. The number of rotatable bonds is 4. The Morgan fingerprint density at radius 2 is 1.91 bits per heavy atom. The number of benzene rings is 1. The fraction of sp³-hybridized carbons (Fsp3) is 0.125. The number of carbonyl (C=O) groups excluding carboxylic acids is 1. The van der Waals surface area contributed by atoms with E-state index >= 15 is 0 Å². The fourth-order valence-corrected chi connectivity index (χ4v) is 2.34. The largest absolute Gasteiger partial charge is 0.337 e. The van der Waals surface area contributed by atoms with Gasteiger partial charge in [0.25, 0.3) is 5.91 Å². The maximum Gasteiger partial charge on any atom is 0.270 e. The number of hydrogen-bond acceptors (Lipinski definition) is 4. The molecule has 0 unspecified atom stereocenters. The number of nitrogens with one attached hydrogen (secondary N) is 2. The van der Waals surface area contributed by atoms with Gasteiger partial charge in [-0.2, -0.15) is 5.10 Å². The molecule has 2 aromatic heterocycles. The van der Waals surface area contributed by atoms with Crippen molar-refractivity contribution in [1.82, 2.24) is 25.5 Å². The van der Waals surface area contributed by atoms with Crippen LogP contribution in [-0.4, -0.2) is 26.1 Å². The van der Waals surface area contributed by atoms with Crippen LogP contribution in [0.1, 0.15) is 33.7 Å². The monoisotopic (exact) mass is 327 g/mol. The van der Waals surface area contributed by atoms with Crippen LogP contribution in [0.3, 0.4) is 0 Å². The average Bonchev–Trinajstić information content (AvgIpc) is 2.99. The molecular weight excluding hydrogens is 314 g/mol. The summed E-state index contributed by atoms with van der Waals surface area (Å²) in [6.07, 6.45) is 0. The molecule has 0 bridgehead atoms. The van der Waals surface area contributed by atoms with Gasteiger partial charge in [-0.15, -0.1) is 0 Å². The van der Waals surface area contributed by atoms with Crippen LogP contribution in [0.5, 0.6) is 0 Å². The Hall–Kier alpha value is -2.73. The highest BCUT2D eigenvalue weighted by atomic mass is 35.5. The third-order valence-electron chi connectivity index (χ3n) is 3.23. The second-order valence-corrected chi connectivity index (χ2v) is 5.33. The Balaban J connectivity index is 1.92. The molecule has 0 radical (unpaired) electrons. The summed E-state index contributed by atoms with van der Waals surface area (Å²) in [4.78, 5) is 20.8. The van der Waals surface area contributed by atoms with Crippen LogP contribution in [0.15, 0.2) is 48.5 Å². The topological polar surface area (TPSA) is 83.6 Å². The van der Waals surface area contributed by atoms with E-state index in [2.05, 4.69) is 25.5 Å². The molecule has 1 aromatic carbocycles. The third-order valence-corrected chi connectivity index (χ3v) is 3.44. The lowest BCUT2D eigenvalue weighted by Gasteiger charge is -2.16. The minimum Gasteiger partial charge on any atom is -0.337 e. The molecule has 7 heteroatoms. The van der Waals surface area contributed by atoms with Crippen molar-refractivity contribution in [2.45, 2.75) is 13.0 Å². The predicted octanol–water partition coefficient (Wildman–Crippen LogP) is 2.68. The molecule has 0 fully saturated rings. The van der Waals surface area contributed by atoms with Crippen molar-refractivity contribution < 1.29 is 4.79 Å². The van der Waals surface area contributed by atoms with Crippen LogP contribution in [0.2, 0.25) is 5.15 Å².